The number of aromatic nitrogens is 2. The van der Waals surface area contributed by atoms with E-state index in [1.54, 1.807) is 19.1 Å². The summed E-state index contributed by atoms with van der Waals surface area (Å²) in [4.78, 5) is 32.6. The number of rotatable bonds is 3. The molecule has 0 saturated carbocycles. The highest BCUT2D eigenvalue weighted by molar-refractivity contribution is 7.90. The van der Waals surface area contributed by atoms with Gasteiger partial charge in [0, 0.05) is 11.9 Å². The van der Waals surface area contributed by atoms with Crippen molar-refractivity contribution in [3.8, 4) is 0 Å². The minimum absolute atomic E-state index is 0.0495. The molecule has 1 aromatic heterocycles. The number of anilines is 1. The average molecular weight is 346 g/mol. The van der Waals surface area contributed by atoms with E-state index >= 15 is 0 Å². The predicted molar refractivity (Wildman–Crippen MR) is 84.7 cm³/mol. The van der Waals surface area contributed by atoms with E-state index in [1.807, 2.05) is 0 Å². The highest BCUT2D eigenvalue weighted by Gasteiger charge is 2.45. The minimum Gasteiger partial charge on any atom is -0.293 e. The highest BCUT2D eigenvalue weighted by atomic mass is 32.2. The van der Waals surface area contributed by atoms with Crippen LogP contribution in [0.4, 0.5) is 5.95 Å². The number of hydrogen-bond donors (Lipinski definition) is 1. The average Bonchev–Trinajstić information content (AvgIpc) is 2.74. The number of nitrogens with one attached hydrogen (secondary N) is 1. The van der Waals surface area contributed by atoms with Gasteiger partial charge in [-0.3, -0.25) is 14.9 Å². The van der Waals surface area contributed by atoms with Gasteiger partial charge < -0.3 is 0 Å². The van der Waals surface area contributed by atoms with Crippen LogP contribution >= 0.6 is 0 Å². The molecule has 1 atom stereocenters. The summed E-state index contributed by atoms with van der Waals surface area (Å²) in [5, 5.41) is 2.43. The first kappa shape index (κ1) is 16.1. The molecule has 0 fully saturated rings. The maximum atomic E-state index is 12.5. The number of fused-ring (bicyclic) bond motifs is 1. The summed E-state index contributed by atoms with van der Waals surface area (Å²) in [5.41, 5.74) is 0.703. The molecule has 8 nitrogen and oxygen atoms in total. The zero-order valence-corrected chi connectivity index (χ0v) is 13.7. The van der Waals surface area contributed by atoms with Gasteiger partial charge in [0.05, 0.1) is 5.56 Å². The third-order valence-electron chi connectivity index (χ3n) is 3.62. The molecule has 2 heterocycles. The van der Waals surface area contributed by atoms with Crippen LogP contribution in [0.3, 0.4) is 0 Å². The standard InChI is InChI=1S/C15H14N4O4S/c1-9-7-8-16-15(17-9)18-13(20)10(2)19-14(21)11-5-3-4-6-12(11)24(19,22)23/h3-8,10H,1-2H3,(H,16,17,18,20)/t10-/m1/s1. The first-order chi connectivity index (χ1) is 11.3. The van der Waals surface area contributed by atoms with Crippen LogP contribution < -0.4 is 5.32 Å². The SMILES string of the molecule is Cc1ccnc(NC(=O)[C@@H](C)N2C(=O)c3ccccc3S2(=O)=O)n1. The van der Waals surface area contributed by atoms with Crippen molar-refractivity contribution >= 4 is 27.8 Å². The van der Waals surface area contributed by atoms with E-state index < -0.39 is 27.9 Å². The van der Waals surface area contributed by atoms with Crippen molar-refractivity contribution in [1.29, 1.82) is 0 Å². The van der Waals surface area contributed by atoms with Crippen molar-refractivity contribution < 1.29 is 18.0 Å². The van der Waals surface area contributed by atoms with Gasteiger partial charge in [-0.2, -0.15) is 0 Å². The van der Waals surface area contributed by atoms with Crippen LogP contribution in [-0.4, -0.2) is 40.5 Å². The Balaban J connectivity index is 1.89. The van der Waals surface area contributed by atoms with Crippen LogP contribution in [-0.2, 0) is 14.8 Å². The van der Waals surface area contributed by atoms with Crippen molar-refractivity contribution in [1.82, 2.24) is 14.3 Å². The Labute approximate surface area is 138 Å². The van der Waals surface area contributed by atoms with Gasteiger partial charge >= 0.3 is 0 Å². The van der Waals surface area contributed by atoms with Gasteiger partial charge in [0.1, 0.15) is 10.9 Å². The largest absolute Gasteiger partial charge is 0.293 e. The molecule has 2 amide bonds. The lowest BCUT2D eigenvalue weighted by atomic mass is 10.2. The van der Waals surface area contributed by atoms with E-state index in [9.17, 15) is 18.0 Å². The zero-order chi connectivity index (χ0) is 17.5. The first-order valence-corrected chi connectivity index (χ1v) is 8.54. The molecule has 0 bridgehead atoms. The molecular weight excluding hydrogens is 332 g/mol. The molecule has 0 spiro atoms. The Hall–Kier alpha value is -2.81. The van der Waals surface area contributed by atoms with E-state index in [2.05, 4.69) is 15.3 Å². The Kier molecular flexibility index (Phi) is 3.80. The van der Waals surface area contributed by atoms with Crippen LogP contribution in [0.2, 0.25) is 0 Å². The molecule has 9 heteroatoms. The highest BCUT2D eigenvalue weighted by Crippen LogP contribution is 2.31. The summed E-state index contributed by atoms with van der Waals surface area (Å²) in [7, 11) is -4.06. The number of carbonyl (C=O) groups excluding carboxylic acids is 2. The molecule has 0 radical (unpaired) electrons. The van der Waals surface area contributed by atoms with Crippen molar-refractivity contribution in [2.24, 2.45) is 0 Å². The molecule has 1 aliphatic rings. The van der Waals surface area contributed by atoms with Crippen LogP contribution in [0, 0.1) is 6.92 Å². The number of aryl methyl sites for hydroxylation is 1. The van der Waals surface area contributed by atoms with Gasteiger partial charge in [-0.15, -0.1) is 0 Å². The van der Waals surface area contributed by atoms with Gasteiger partial charge in [0.15, 0.2) is 0 Å². The fraction of sp³-hybridized carbons (Fsp3) is 0.200. The van der Waals surface area contributed by atoms with Crippen molar-refractivity contribution in [2.75, 3.05) is 5.32 Å². The lowest BCUT2D eigenvalue weighted by molar-refractivity contribution is -0.118. The predicted octanol–water partition coefficient (Wildman–Crippen LogP) is 0.957. The summed E-state index contributed by atoms with van der Waals surface area (Å²) in [5.74, 6) is -1.36. The van der Waals surface area contributed by atoms with Crippen LogP contribution in [0.1, 0.15) is 23.0 Å². The number of benzene rings is 1. The summed E-state index contributed by atoms with van der Waals surface area (Å²) in [6.07, 6.45) is 1.47. The number of sulfonamides is 1. The number of nitrogens with zero attached hydrogens (tertiary/aromatic N) is 3. The maximum absolute atomic E-state index is 12.5. The second-order valence-corrected chi connectivity index (χ2v) is 7.07. The molecular formula is C15H14N4O4S. The van der Waals surface area contributed by atoms with Gasteiger partial charge in [-0.25, -0.2) is 22.7 Å². The van der Waals surface area contributed by atoms with Crippen LogP contribution in [0.5, 0.6) is 0 Å². The smallest absolute Gasteiger partial charge is 0.269 e. The second-order valence-electron chi connectivity index (χ2n) is 5.29. The van der Waals surface area contributed by atoms with Gasteiger partial charge in [0.2, 0.25) is 11.9 Å². The van der Waals surface area contributed by atoms with Gasteiger partial charge in [-0.05, 0) is 32.0 Å². The minimum atomic E-state index is -4.06. The van der Waals surface area contributed by atoms with Crippen molar-refractivity contribution in [2.45, 2.75) is 24.8 Å². The van der Waals surface area contributed by atoms with E-state index in [0.717, 1.165) is 0 Å². The molecule has 24 heavy (non-hydrogen) atoms. The normalized spacial score (nSPS) is 16.6. The fourth-order valence-electron chi connectivity index (χ4n) is 2.42. The second kappa shape index (κ2) is 5.68. The number of carbonyl (C=O) groups is 2. The van der Waals surface area contributed by atoms with E-state index in [-0.39, 0.29) is 16.4 Å². The monoisotopic (exact) mass is 346 g/mol. The third-order valence-corrected chi connectivity index (χ3v) is 5.53. The van der Waals surface area contributed by atoms with Crippen molar-refractivity contribution in [3.05, 3.63) is 47.8 Å². The zero-order valence-electron chi connectivity index (χ0n) is 12.9. The fourth-order valence-corrected chi connectivity index (χ4v) is 4.14. The molecule has 3 rings (SSSR count). The summed E-state index contributed by atoms with van der Waals surface area (Å²) in [6, 6.07) is 6.28. The van der Waals surface area contributed by atoms with Gasteiger partial charge in [-0.1, -0.05) is 12.1 Å². The van der Waals surface area contributed by atoms with Crippen LogP contribution in [0.15, 0.2) is 41.4 Å². The molecule has 0 unspecified atom stereocenters. The molecule has 0 aliphatic carbocycles. The van der Waals surface area contributed by atoms with E-state index in [0.29, 0.717) is 10.00 Å². The Bertz CT molecular complexity index is 942. The molecule has 1 aliphatic heterocycles. The van der Waals surface area contributed by atoms with Crippen molar-refractivity contribution in [3.63, 3.8) is 0 Å². The number of hydrogen-bond acceptors (Lipinski definition) is 6. The van der Waals surface area contributed by atoms with Crippen LogP contribution in [0.25, 0.3) is 0 Å². The quantitative estimate of drug-likeness (QED) is 0.886. The van der Waals surface area contributed by atoms with Gasteiger partial charge in [0.25, 0.3) is 15.9 Å². The Morgan fingerprint density at radius 3 is 2.62 bits per heavy atom. The molecule has 1 N–H and O–H groups in total. The Morgan fingerprint density at radius 2 is 1.96 bits per heavy atom. The lowest BCUT2D eigenvalue weighted by Gasteiger charge is -2.21. The topological polar surface area (TPSA) is 109 Å². The summed E-state index contributed by atoms with van der Waals surface area (Å²) in [6.45, 7) is 3.07. The third kappa shape index (κ3) is 2.52. The molecule has 1 aromatic carbocycles. The van der Waals surface area contributed by atoms with E-state index in [4.69, 9.17) is 0 Å². The first-order valence-electron chi connectivity index (χ1n) is 7.10. The molecule has 124 valence electrons. The molecule has 2 aromatic rings. The Morgan fingerprint density at radius 1 is 1.25 bits per heavy atom. The lowest BCUT2D eigenvalue weighted by Crippen LogP contribution is -2.45. The molecule has 0 saturated heterocycles. The maximum Gasteiger partial charge on any atom is 0.269 e. The summed E-state index contributed by atoms with van der Waals surface area (Å²) >= 11 is 0. The number of amides is 2. The summed E-state index contributed by atoms with van der Waals surface area (Å²) < 4.78 is 25.7. The van der Waals surface area contributed by atoms with E-state index in [1.165, 1.54) is 31.3 Å².